The molecule has 0 fully saturated rings. The van der Waals surface area contributed by atoms with Gasteiger partial charge in [-0.25, -0.2) is 4.79 Å². The molecule has 0 radical (unpaired) electrons. The molecule has 1 amide bonds. The molecule has 2 aromatic heterocycles. The number of carbonyl (C=O) groups is 2. The van der Waals surface area contributed by atoms with Crippen LogP contribution in [0.2, 0.25) is 5.02 Å². The van der Waals surface area contributed by atoms with Crippen LogP contribution in [-0.4, -0.2) is 28.0 Å². The molecule has 0 aliphatic carbocycles. The number of carbonyl (C=O) groups excluding carboxylic acids is 2. The van der Waals surface area contributed by atoms with E-state index in [1.807, 2.05) is 0 Å². The predicted molar refractivity (Wildman–Crippen MR) is 118 cm³/mol. The van der Waals surface area contributed by atoms with Gasteiger partial charge >= 0.3 is 5.97 Å². The van der Waals surface area contributed by atoms with Crippen molar-refractivity contribution in [1.82, 2.24) is 4.40 Å². The van der Waals surface area contributed by atoms with E-state index < -0.39 is 23.2 Å². The number of amides is 1. The van der Waals surface area contributed by atoms with Gasteiger partial charge in [-0.3, -0.25) is 14.0 Å². The fraction of sp³-hybridized carbons (Fsp3) is 0.0870. The number of hydrogen-bond donors (Lipinski definition) is 2. The summed E-state index contributed by atoms with van der Waals surface area (Å²) in [7, 11) is 0. The van der Waals surface area contributed by atoms with Crippen LogP contribution in [0.3, 0.4) is 0 Å². The molecule has 4 rings (SSSR count). The SMILES string of the molecule is CCOC(=O)c1cc(NC(=O)c2ccccc2)c(=O)n2c(cc3c(Cl)cccc32)c1O. The molecule has 0 unspecified atom stereocenters. The monoisotopic (exact) mass is 436 g/mol. The van der Waals surface area contributed by atoms with Gasteiger partial charge in [-0.2, -0.15) is 0 Å². The second kappa shape index (κ2) is 8.12. The predicted octanol–water partition coefficient (Wildman–Crippen LogP) is 4.24. The lowest BCUT2D eigenvalue weighted by molar-refractivity contribution is 0.0523. The summed E-state index contributed by atoms with van der Waals surface area (Å²) in [5.74, 6) is -1.83. The lowest BCUT2D eigenvalue weighted by Crippen LogP contribution is -2.20. The van der Waals surface area contributed by atoms with Crippen LogP contribution in [0.4, 0.5) is 5.69 Å². The van der Waals surface area contributed by atoms with E-state index in [0.29, 0.717) is 21.5 Å². The third-order valence-electron chi connectivity index (χ3n) is 4.79. The Morgan fingerprint density at radius 2 is 1.81 bits per heavy atom. The van der Waals surface area contributed by atoms with E-state index in [4.69, 9.17) is 16.3 Å². The van der Waals surface area contributed by atoms with Crippen LogP contribution in [-0.2, 0) is 4.74 Å². The zero-order valence-electron chi connectivity index (χ0n) is 16.4. The van der Waals surface area contributed by atoms with E-state index in [1.165, 1.54) is 10.5 Å². The van der Waals surface area contributed by atoms with E-state index >= 15 is 0 Å². The molecule has 2 N–H and O–H groups in total. The van der Waals surface area contributed by atoms with Crippen LogP contribution < -0.4 is 10.9 Å². The van der Waals surface area contributed by atoms with Gasteiger partial charge in [-0.1, -0.05) is 35.9 Å². The third-order valence-corrected chi connectivity index (χ3v) is 5.12. The summed E-state index contributed by atoms with van der Waals surface area (Å²) in [4.78, 5) is 38.6. The number of aromatic nitrogens is 1. The van der Waals surface area contributed by atoms with Crippen molar-refractivity contribution in [3.63, 3.8) is 0 Å². The highest BCUT2D eigenvalue weighted by atomic mass is 35.5. The van der Waals surface area contributed by atoms with Crippen LogP contribution in [0.15, 0.2) is 65.5 Å². The maximum atomic E-state index is 13.4. The molecule has 0 aliphatic heterocycles. The standard InChI is InChI=1S/C23H17ClN2O5/c1-2-31-23(30)15-11-17(25-21(28)13-7-4-3-5-8-13)22(29)26-18-10-6-9-16(24)14(18)12-19(26)20(15)27/h3-12,27H,2H2,1H3,(H,25,28). The van der Waals surface area contributed by atoms with E-state index in [0.717, 1.165) is 6.07 Å². The normalized spacial score (nSPS) is 10.9. The number of ether oxygens (including phenoxy) is 1. The Morgan fingerprint density at radius 1 is 1.06 bits per heavy atom. The van der Waals surface area contributed by atoms with E-state index in [-0.39, 0.29) is 23.4 Å². The number of nitrogens with one attached hydrogen (secondary N) is 1. The first-order chi connectivity index (χ1) is 14.9. The summed E-state index contributed by atoms with van der Waals surface area (Å²) in [6, 6.07) is 15.9. The van der Waals surface area contributed by atoms with Crippen molar-refractivity contribution < 1.29 is 19.4 Å². The number of nitrogens with zero attached hydrogens (tertiary/aromatic N) is 1. The van der Waals surface area contributed by atoms with Gasteiger partial charge in [-0.15, -0.1) is 0 Å². The topological polar surface area (TPSA) is 97.1 Å². The third kappa shape index (κ3) is 3.60. The summed E-state index contributed by atoms with van der Waals surface area (Å²) < 4.78 is 6.24. The van der Waals surface area contributed by atoms with Crippen molar-refractivity contribution in [2.75, 3.05) is 11.9 Å². The molecule has 8 heteroatoms. The summed E-state index contributed by atoms with van der Waals surface area (Å²) in [6.07, 6.45) is 0. The zero-order valence-corrected chi connectivity index (χ0v) is 17.1. The maximum absolute atomic E-state index is 13.4. The second-order valence-electron chi connectivity index (χ2n) is 6.70. The van der Waals surface area contributed by atoms with Gasteiger partial charge in [0.05, 0.1) is 17.6 Å². The Bertz CT molecular complexity index is 1400. The minimum absolute atomic E-state index is 0.0661. The fourth-order valence-corrected chi connectivity index (χ4v) is 3.58. The molecule has 4 aromatic rings. The maximum Gasteiger partial charge on any atom is 0.342 e. The number of esters is 1. The highest BCUT2D eigenvalue weighted by Crippen LogP contribution is 2.32. The average molecular weight is 437 g/mol. The zero-order chi connectivity index (χ0) is 22.1. The van der Waals surface area contributed by atoms with Crippen LogP contribution in [0.5, 0.6) is 5.75 Å². The largest absolute Gasteiger partial charge is 0.505 e. The van der Waals surface area contributed by atoms with Crippen molar-refractivity contribution >= 4 is 45.6 Å². The van der Waals surface area contributed by atoms with E-state index in [2.05, 4.69) is 5.32 Å². The van der Waals surface area contributed by atoms with Gasteiger partial charge < -0.3 is 15.2 Å². The molecular formula is C23H17ClN2O5. The lowest BCUT2D eigenvalue weighted by Gasteiger charge is -2.05. The average Bonchev–Trinajstić information content (AvgIpc) is 3.13. The number of hydrogen-bond acceptors (Lipinski definition) is 5. The Balaban J connectivity index is 2.04. The van der Waals surface area contributed by atoms with Gasteiger partial charge in [0.1, 0.15) is 11.3 Å². The number of aromatic hydroxyl groups is 1. The van der Waals surface area contributed by atoms with Crippen molar-refractivity contribution in [3.05, 3.63) is 87.2 Å². The van der Waals surface area contributed by atoms with E-state index in [1.54, 1.807) is 55.5 Å². The first-order valence-corrected chi connectivity index (χ1v) is 9.83. The molecule has 2 heterocycles. The Kier molecular flexibility index (Phi) is 5.35. The fourth-order valence-electron chi connectivity index (χ4n) is 3.36. The van der Waals surface area contributed by atoms with Gasteiger partial charge in [0.25, 0.3) is 11.5 Å². The molecule has 2 aromatic carbocycles. The highest BCUT2D eigenvalue weighted by Gasteiger charge is 2.21. The van der Waals surface area contributed by atoms with Crippen molar-refractivity contribution in [2.45, 2.75) is 6.92 Å². The Morgan fingerprint density at radius 3 is 2.52 bits per heavy atom. The first kappa shape index (κ1) is 20.4. The molecular weight excluding hydrogens is 420 g/mol. The molecule has 0 aliphatic rings. The molecule has 31 heavy (non-hydrogen) atoms. The van der Waals surface area contributed by atoms with Crippen molar-refractivity contribution in [1.29, 1.82) is 0 Å². The molecule has 7 nitrogen and oxygen atoms in total. The van der Waals surface area contributed by atoms with Crippen molar-refractivity contribution in [3.8, 4) is 5.75 Å². The van der Waals surface area contributed by atoms with Crippen LogP contribution in [0.25, 0.3) is 16.4 Å². The Labute approximate surface area is 181 Å². The summed E-state index contributed by atoms with van der Waals surface area (Å²) in [6.45, 7) is 1.69. The molecule has 0 atom stereocenters. The first-order valence-electron chi connectivity index (χ1n) is 9.46. The molecule has 0 spiro atoms. The molecule has 0 saturated carbocycles. The quantitative estimate of drug-likeness (QED) is 0.466. The number of fused-ring (bicyclic) bond motifs is 3. The van der Waals surface area contributed by atoms with E-state index in [9.17, 15) is 19.5 Å². The van der Waals surface area contributed by atoms with Gasteiger partial charge in [0, 0.05) is 16.0 Å². The van der Waals surface area contributed by atoms with Gasteiger partial charge in [0.2, 0.25) is 0 Å². The van der Waals surface area contributed by atoms with Gasteiger partial charge in [0.15, 0.2) is 5.75 Å². The minimum Gasteiger partial charge on any atom is -0.505 e. The number of anilines is 1. The van der Waals surface area contributed by atoms with Crippen LogP contribution in [0.1, 0.15) is 27.6 Å². The minimum atomic E-state index is -0.830. The summed E-state index contributed by atoms with van der Waals surface area (Å²) in [5.41, 5.74) is -0.273. The van der Waals surface area contributed by atoms with Gasteiger partial charge in [-0.05, 0) is 43.3 Å². The smallest absolute Gasteiger partial charge is 0.342 e. The number of halogens is 1. The van der Waals surface area contributed by atoms with Crippen LogP contribution in [0, 0.1) is 0 Å². The molecule has 0 bridgehead atoms. The lowest BCUT2D eigenvalue weighted by atomic mass is 10.2. The molecule has 156 valence electrons. The summed E-state index contributed by atoms with van der Waals surface area (Å²) >= 11 is 6.26. The summed E-state index contributed by atoms with van der Waals surface area (Å²) in [5, 5.41) is 14.3. The Hall–Kier alpha value is -3.84. The highest BCUT2D eigenvalue weighted by molar-refractivity contribution is 6.35. The number of rotatable bonds is 4. The second-order valence-corrected chi connectivity index (χ2v) is 7.11. The van der Waals surface area contributed by atoms with Crippen molar-refractivity contribution in [2.24, 2.45) is 0 Å². The number of benzene rings is 2. The molecule has 0 saturated heterocycles. The van der Waals surface area contributed by atoms with Crippen LogP contribution >= 0.6 is 11.6 Å².